The molecule has 2 aromatic carbocycles. The Labute approximate surface area is 138 Å². The van der Waals surface area contributed by atoms with E-state index in [1.165, 1.54) is 5.56 Å². The van der Waals surface area contributed by atoms with Gasteiger partial charge in [0.1, 0.15) is 5.75 Å². The van der Waals surface area contributed by atoms with Crippen molar-refractivity contribution in [1.82, 2.24) is 5.32 Å². The van der Waals surface area contributed by atoms with Crippen molar-refractivity contribution in [3.63, 3.8) is 0 Å². The molecule has 120 valence electrons. The molecule has 0 aliphatic carbocycles. The molecule has 0 aliphatic rings. The number of benzene rings is 2. The van der Waals surface area contributed by atoms with Crippen LogP contribution in [0.3, 0.4) is 0 Å². The van der Waals surface area contributed by atoms with Crippen LogP contribution in [0.5, 0.6) is 5.75 Å². The van der Waals surface area contributed by atoms with Gasteiger partial charge in [-0.2, -0.15) is 0 Å². The van der Waals surface area contributed by atoms with Crippen LogP contribution in [0.25, 0.3) is 6.08 Å². The minimum Gasteiger partial charge on any atom is -0.494 e. The second kappa shape index (κ2) is 9.46. The van der Waals surface area contributed by atoms with E-state index in [9.17, 15) is 4.79 Å². The van der Waals surface area contributed by atoms with Crippen molar-refractivity contribution in [3.05, 3.63) is 71.8 Å². The minimum absolute atomic E-state index is 0.0766. The molecular formula is C20H23NO2. The van der Waals surface area contributed by atoms with Crippen LogP contribution in [0.4, 0.5) is 0 Å². The minimum atomic E-state index is -0.0766. The number of ether oxygens (including phenoxy) is 1. The van der Waals surface area contributed by atoms with Crippen LogP contribution in [0.1, 0.15) is 24.5 Å². The van der Waals surface area contributed by atoms with Crippen LogP contribution < -0.4 is 10.1 Å². The van der Waals surface area contributed by atoms with Gasteiger partial charge in [0.25, 0.3) is 0 Å². The first kappa shape index (κ1) is 16.8. The largest absolute Gasteiger partial charge is 0.494 e. The Balaban J connectivity index is 1.74. The summed E-state index contributed by atoms with van der Waals surface area (Å²) in [5, 5.41) is 2.89. The monoisotopic (exact) mass is 309 g/mol. The van der Waals surface area contributed by atoms with E-state index in [1.807, 2.05) is 42.5 Å². The molecule has 0 atom stereocenters. The summed E-state index contributed by atoms with van der Waals surface area (Å²) in [5.41, 5.74) is 2.20. The molecule has 0 heterocycles. The van der Waals surface area contributed by atoms with E-state index in [2.05, 4.69) is 24.4 Å². The zero-order chi connectivity index (χ0) is 16.3. The fraction of sp³-hybridized carbons (Fsp3) is 0.250. The standard InChI is InChI=1S/C20H23NO2/c1-2-16-23-19-11-8-18(9-12-19)10-13-20(22)21-15-14-17-6-4-3-5-7-17/h3-13H,2,14-16H2,1H3,(H,21,22). The predicted molar refractivity (Wildman–Crippen MR) is 94.4 cm³/mol. The Hall–Kier alpha value is -2.55. The Morgan fingerprint density at radius 1 is 1.09 bits per heavy atom. The smallest absolute Gasteiger partial charge is 0.244 e. The molecule has 0 unspecified atom stereocenters. The summed E-state index contributed by atoms with van der Waals surface area (Å²) in [6.45, 7) is 3.43. The van der Waals surface area contributed by atoms with E-state index in [0.29, 0.717) is 6.54 Å². The van der Waals surface area contributed by atoms with Gasteiger partial charge in [0.05, 0.1) is 6.61 Å². The van der Waals surface area contributed by atoms with Crippen molar-refractivity contribution < 1.29 is 9.53 Å². The zero-order valence-electron chi connectivity index (χ0n) is 13.5. The highest BCUT2D eigenvalue weighted by atomic mass is 16.5. The van der Waals surface area contributed by atoms with E-state index in [4.69, 9.17) is 4.74 Å². The van der Waals surface area contributed by atoms with Gasteiger partial charge in [0.15, 0.2) is 0 Å². The maximum Gasteiger partial charge on any atom is 0.244 e. The number of hydrogen-bond acceptors (Lipinski definition) is 2. The Morgan fingerprint density at radius 2 is 1.83 bits per heavy atom. The maximum atomic E-state index is 11.8. The first-order valence-corrected chi connectivity index (χ1v) is 8.00. The van der Waals surface area contributed by atoms with Gasteiger partial charge < -0.3 is 10.1 Å². The van der Waals surface area contributed by atoms with Crippen LogP contribution in [-0.4, -0.2) is 19.1 Å². The molecule has 23 heavy (non-hydrogen) atoms. The molecule has 1 amide bonds. The second-order valence-electron chi connectivity index (χ2n) is 5.28. The number of carbonyl (C=O) groups excluding carboxylic acids is 1. The highest BCUT2D eigenvalue weighted by molar-refractivity contribution is 5.91. The SMILES string of the molecule is CCCOc1ccc(C=CC(=O)NCCc2ccccc2)cc1. The molecule has 2 aromatic rings. The quantitative estimate of drug-likeness (QED) is 0.752. The molecule has 0 saturated carbocycles. The van der Waals surface area contributed by atoms with Crippen LogP contribution >= 0.6 is 0 Å². The summed E-state index contributed by atoms with van der Waals surface area (Å²) in [6.07, 6.45) is 5.20. The van der Waals surface area contributed by atoms with Crippen molar-refractivity contribution in [2.75, 3.05) is 13.2 Å². The van der Waals surface area contributed by atoms with Crippen LogP contribution in [0.2, 0.25) is 0 Å². The molecule has 0 fully saturated rings. The first-order valence-electron chi connectivity index (χ1n) is 8.00. The van der Waals surface area contributed by atoms with Gasteiger partial charge in [0, 0.05) is 12.6 Å². The number of rotatable bonds is 8. The van der Waals surface area contributed by atoms with Gasteiger partial charge in [-0.15, -0.1) is 0 Å². The van der Waals surface area contributed by atoms with Gasteiger partial charge >= 0.3 is 0 Å². The lowest BCUT2D eigenvalue weighted by Gasteiger charge is -2.04. The lowest BCUT2D eigenvalue weighted by molar-refractivity contribution is -0.116. The zero-order valence-corrected chi connectivity index (χ0v) is 13.5. The molecule has 0 radical (unpaired) electrons. The third kappa shape index (κ3) is 6.39. The molecule has 0 bridgehead atoms. The lowest BCUT2D eigenvalue weighted by atomic mass is 10.1. The van der Waals surface area contributed by atoms with E-state index < -0.39 is 0 Å². The van der Waals surface area contributed by atoms with Crippen molar-refractivity contribution >= 4 is 12.0 Å². The van der Waals surface area contributed by atoms with E-state index in [-0.39, 0.29) is 5.91 Å². The van der Waals surface area contributed by atoms with E-state index in [0.717, 1.165) is 30.8 Å². The van der Waals surface area contributed by atoms with Crippen molar-refractivity contribution in [1.29, 1.82) is 0 Å². The Morgan fingerprint density at radius 3 is 2.52 bits per heavy atom. The van der Waals surface area contributed by atoms with Gasteiger partial charge in [-0.05, 0) is 42.2 Å². The molecule has 1 N–H and O–H groups in total. The first-order chi connectivity index (χ1) is 11.3. The highest BCUT2D eigenvalue weighted by Crippen LogP contribution is 2.13. The van der Waals surface area contributed by atoms with Gasteiger partial charge in [-0.3, -0.25) is 4.79 Å². The van der Waals surface area contributed by atoms with Gasteiger partial charge in [-0.25, -0.2) is 0 Å². The lowest BCUT2D eigenvalue weighted by Crippen LogP contribution is -2.23. The van der Waals surface area contributed by atoms with E-state index in [1.54, 1.807) is 12.2 Å². The van der Waals surface area contributed by atoms with Crippen molar-refractivity contribution in [3.8, 4) is 5.75 Å². The summed E-state index contributed by atoms with van der Waals surface area (Å²) in [5.74, 6) is 0.781. The Bertz CT molecular complexity index is 618. The Kier molecular flexibility index (Phi) is 6.92. The molecule has 2 rings (SSSR count). The van der Waals surface area contributed by atoms with Crippen LogP contribution in [-0.2, 0) is 11.2 Å². The third-order valence-electron chi connectivity index (χ3n) is 3.34. The molecule has 3 nitrogen and oxygen atoms in total. The topological polar surface area (TPSA) is 38.3 Å². The molecule has 0 aromatic heterocycles. The van der Waals surface area contributed by atoms with Crippen LogP contribution in [0.15, 0.2) is 60.7 Å². The number of hydrogen-bond donors (Lipinski definition) is 1. The summed E-state index contributed by atoms with van der Waals surface area (Å²) in [4.78, 5) is 11.8. The summed E-state index contributed by atoms with van der Waals surface area (Å²) in [6, 6.07) is 17.8. The molecule has 0 aliphatic heterocycles. The van der Waals surface area contributed by atoms with Gasteiger partial charge in [0.2, 0.25) is 5.91 Å². The average molecular weight is 309 g/mol. The fourth-order valence-corrected chi connectivity index (χ4v) is 2.10. The molecule has 0 saturated heterocycles. The maximum absolute atomic E-state index is 11.8. The molecule has 3 heteroatoms. The summed E-state index contributed by atoms with van der Waals surface area (Å²) in [7, 11) is 0. The number of carbonyl (C=O) groups is 1. The molecule has 0 spiro atoms. The van der Waals surface area contributed by atoms with Crippen molar-refractivity contribution in [2.45, 2.75) is 19.8 Å². The number of amides is 1. The van der Waals surface area contributed by atoms with E-state index >= 15 is 0 Å². The van der Waals surface area contributed by atoms with Gasteiger partial charge in [-0.1, -0.05) is 49.4 Å². The van der Waals surface area contributed by atoms with Crippen molar-refractivity contribution in [2.24, 2.45) is 0 Å². The fourth-order valence-electron chi connectivity index (χ4n) is 2.10. The normalized spacial score (nSPS) is 10.7. The summed E-state index contributed by atoms with van der Waals surface area (Å²) >= 11 is 0. The number of nitrogens with one attached hydrogen (secondary N) is 1. The second-order valence-corrected chi connectivity index (χ2v) is 5.28. The molecular weight excluding hydrogens is 286 g/mol. The summed E-state index contributed by atoms with van der Waals surface area (Å²) < 4.78 is 5.53. The third-order valence-corrected chi connectivity index (χ3v) is 3.34. The van der Waals surface area contributed by atoms with Crippen LogP contribution in [0, 0.1) is 0 Å². The highest BCUT2D eigenvalue weighted by Gasteiger charge is 1.97. The average Bonchev–Trinajstić information content (AvgIpc) is 2.60. The predicted octanol–water partition coefficient (Wildman–Crippen LogP) is 3.85.